The normalized spacial score (nSPS) is 11.1. The minimum atomic E-state index is 0.589. The highest BCUT2D eigenvalue weighted by molar-refractivity contribution is 9.10. The number of halogens is 1. The summed E-state index contributed by atoms with van der Waals surface area (Å²) in [5.74, 6) is 0. The second-order valence-electron chi connectivity index (χ2n) is 4.63. The minimum absolute atomic E-state index is 0.589. The number of hydrogen-bond acceptors (Lipinski definition) is 1. The third-order valence-corrected chi connectivity index (χ3v) is 4.14. The van der Waals surface area contributed by atoms with Crippen molar-refractivity contribution in [3.8, 4) is 0 Å². The summed E-state index contributed by atoms with van der Waals surface area (Å²) in [6, 6.07) is 16.9. The first-order valence-electron chi connectivity index (χ1n) is 6.29. The van der Waals surface area contributed by atoms with Gasteiger partial charge in [0.05, 0.1) is 0 Å². The van der Waals surface area contributed by atoms with E-state index < -0.39 is 0 Å². The van der Waals surface area contributed by atoms with Gasteiger partial charge in [0.15, 0.2) is 0 Å². The van der Waals surface area contributed by atoms with Crippen LogP contribution in [-0.4, -0.2) is 4.57 Å². The van der Waals surface area contributed by atoms with E-state index in [2.05, 4.69) is 69.2 Å². The van der Waals surface area contributed by atoms with E-state index in [9.17, 15) is 0 Å². The monoisotopic (exact) mass is 314 g/mol. The van der Waals surface area contributed by atoms with E-state index in [-0.39, 0.29) is 0 Å². The summed E-state index contributed by atoms with van der Waals surface area (Å²) in [6.45, 7) is 1.46. The van der Waals surface area contributed by atoms with Gasteiger partial charge in [0, 0.05) is 29.3 Å². The van der Waals surface area contributed by atoms with Crippen molar-refractivity contribution in [3.63, 3.8) is 0 Å². The predicted octanol–water partition coefficient (Wildman–Crippen LogP) is 3.91. The molecular formula is C16H15BrN2. The van der Waals surface area contributed by atoms with Crippen molar-refractivity contribution >= 4 is 26.8 Å². The number of benzene rings is 2. The average Bonchev–Trinajstić information content (AvgIpc) is 2.83. The number of nitrogens with two attached hydrogens (primary N) is 1. The lowest BCUT2D eigenvalue weighted by molar-refractivity contribution is 0.833. The fraction of sp³-hybridized carbons (Fsp3) is 0.125. The molecular weight excluding hydrogens is 300 g/mol. The molecule has 3 heteroatoms. The maximum Gasteiger partial charge on any atom is 0.0487 e. The molecule has 0 amide bonds. The number of hydrogen-bond donors (Lipinski definition) is 1. The first kappa shape index (κ1) is 12.5. The van der Waals surface area contributed by atoms with Crippen molar-refractivity contribution in [1.29, 1.82) is 0 Å². The van der Waals surface area contributed by atoms with Gasteiger partial charge in [-0.15, -0.1) is 0 Å². The van der Waals surface area contributed by atoms with Gasteiger partial charge in [0.2, 0.25) is 0 Å². The molecule has 0 spiro atoms. The molecule has 2 N–H and O–H groups in total. The average molecular weight is 315 g/mol. The number of nitrogens with zero attached hydrogens (tertiary/aromatic N) is 1. The molecule has 0 atom stereocenters. The summed E-state index contributed by atoms with van der Waals surface area (Å²) in [4.78, 5) is 0. The number of rotatable bonds is 3. The van der Waals surface area contributed by atoms with Crippen molar-refractivity contribution in [2.45, 2.75) is 13.1 Å². The highest BCUT2D eigenvalue weighted by Crippen LogP contribution is 2.22. The third-order valence-electron chi connectivity index (χ3n) is 3.37. The number of aromatic nitrogens is 1. The Morgan fingerprint density at radius 3 is 2.68 bits per heavy atom. The highest BCUT2D eigenvalue weighted by atomic mass is 79.9. The van der Waals surface area contributed by atoms with Gasteiger partial charge in [-0.3, -0.25) is 0 Å². The SMILES string of the molecule is NCc1ccc2c(ccn2Cc2ccccc2Br)c1. The zero-order valence-corrected chi connectivity index (χ0v) is 12.1. The van der Waals surface area contributed by atoms with Crippen LogP contribution in [0.5, 0.6) is 0 Å². The third kappa shape index (κ3) is 2.44. The van der Waals surface area contributed by atoms with Gasteiger partial charge in [0.25, 0.3) is 0 Å². The van der Waals surface area contributed by atoms with Crippen LogP contribution in [0.15, 0.2) is 59.2 Å². The molecule has 19 heavy (non-hydrogen) atoms. The molecule has 3 rings (SSSR count). The van der Waals surface area contributed by atoms with Crippen molar-refractivity contribution in [2.24, 2.45) is 5.73 Å². The molecule has 1 heterocycles. The smallest absolute Gasteiger partial charge is 0.0487 e. The summed E-state index contributed by atoms with van der Waals surface area (Å²) in [5.41, 5.74) is 9.37. The molecule has 2 nitrogen and oxygen atoms in total. The Kier molecular flexibility index (Phi) is 3.40. The van der Waals surface area contributed by atoms with E-state index in [1.807, 2.05) is 6.07 Å². The quantitative estimate of drug-likeness (QED) is 0.780. The Morgan fingerprint density at radius 2 is 1.89 bits per heavy atom. The molecule has 0 fully saturated rings. The van der Waals surface area contributed by atoms with E-state index in [0.717, 1.165) is 11.0 Å². The second-order valence-corrected chi connectivity index (χ2v) is 5.49. The van der Waals surface area contributed by atoms with Gasteiger partial charge in [-0.25, -0.2) is 0 Å². The zero-order valence-electron chi connectivity index (χ0n) is 10.5. The molecule has 0 saturated heterocycles. The van der Waals surface area contributed by atoms with E-state index in [0.29, 0.717) is 6.54 Å². The van der Waals surface area contributed by atoms with E-state index in [1.165, 1.54) is 22.0 Å². The molecule has 1 aromatic heterocycles. The van der Waals surface area contributed by atoms with Gasteiger partial charge < -0.3 is 10.3 Å². The largest absolute Gasteiger partial charge is 0.343 e. The van der Waals surface area contributed by atoms with Gasteiger partial charge >= 0.3 is 0 Å². The zero-order chi connectivity index (χ0) is 13.2. The maximum absolute atomic E-state index is 5.68. The molecule has 0 aliphatic heterocycles. The molecule has 96 valence electrons. The van der Waals surface area contributed by atoms with Crippen LogP contribution >= 0.6 is 15.9 Å². The van der Waals surface area contributed by atoms with Crippen molar-refractivity contribution in [3.05, 3.63) is 70.3 Å². The Labute approximate surface area is 121 Å². The predicted molar refractivity (Wildman–Crippen MR) is 83.1 cm³/mol. The lowest BCUT2D eigenvalue weighted by Gasteiger charge is -2.08. The molecule has 0 aliphatic rings. The minimum Gasteiger partial charge on any atom is -0.343 e. The fourth-order valence-corrected chi connectivity index (χ4v) is 2.73. The van der Waals surface area contributed by atoms with Gasteiger partial charge in [-0.2, -0.15) is 0 Å². The van der Waals surface area contributed by atoms with E-state index >= 15 is 0 Å². The summed E-state index contributed by atoms with van der Waals surface area (Å²) < 4.78 is 3.41. The lowest BCUT2D eigenvalue weighted by atomic mass is 10.1. The Hall–Kier alpha value is -1.58. The van der Waals surface area contributed by atoms with Crippen molar-refractivity contribution in [2.75, 3.05) is 0 Å². The molecule has 0 radical (unpaired) electrons. The van der Waals surface area contributed by atoms with Crippen molar-refractivity contribution < 1.29 is 0 Å². The van der Waals surface area contributed by atoms with Gasteiger partial charge in [-0.1, -0.05) is 40.2 Å². The van der Waals surface area contributed by atoms with Crippen LogP contribution in [0.1, 0.15) is 11.1 Å². The summed E-state index contributed by atoms with van der Waals surface area (Å²) in [5, 5.41) is 1.25. The Balaban J connectivity index is 2.00. The van der Waals surface area contributed by atoms with Crippen LogP contribution in [0, 0.1) is 0 Å². The van der Waals surface area contributed by atoms with Crippen LogP contribution in [0.2, 0.25) is 0 Å². The second kappa shape index (κ2) is 5.19. The standard InChI is InChI=1S/C16H15BrN2/c17-15-4-2-1-3-14(15)11-19-8-7-13-9-12(10-18)5-6-16(13)19/h1-9H,10-11,18H2. The summed E-state index contributed by atoms with van der Waals surface area (Å²) in [6.07, 6.45) is 2.13. The highest BCUT2D eigenvalue weighted by Gasteiger charge is 2.04. The van der Waals surface area contributed by atoms with Crippen LogP contribution in [0.3, 0.4) is 0 Å². The van der Waals surface area contributed by atoms with E-state index in [1.54, 1.807) is 0 Å². The maximum atomic E-state index is 5.68. The van der Waals surface area contributed by atoms with Crippen LogP contribution in [0.25, 0.3) is 10.9 Å². The lowest BCUT2D eigenvalue weighted by Crippen LogP contribution is -1.99. The van der Waals surface area contributed by atoms with Gasteiger partial charge in [-0.05, 0) is 40.8 Å². The molecule has 2 aromatic carbocycles. The number of fused-ring (bicyclic) bond motifs is 1. The first-order valence-corrected chi connectivity index (χ1v) is 7.08. The summed E-state index contributed by atoms with van der Waals surface area (Å²) in [7, 11) is 0. The molecule has 3 aromatic rings. The Bertz CT molecular complexity index is 716. The van der Waals surface area contributed by atoms with Crippen LogP contribution in [0.4, 0.5) is 0 Å². The Morgan fingerprint density at radius 1 is 1.05 bits per heavy atom. The topological polar surface area (TPSA) is 30.9 Å². The molecule has 0 unspecified atom stereocenters. The first-order chi connectivity index (χ1) is 9.28. The van der Waals surface area contributed by atoms with Crippen LogP contribution in [-0.2, 0) is 13.1 Å². The molecule has 0 saturated carbocycles. The summed E-state index contributed by atoms with van der Waals surface area (Å²) >= 11 is 3.60. The molecule has 0 aliphatic carbocycles. The van der Waals surface area contributed by atoms with Crippen molar-refractivity contribution in [1.82, 2.24) is 4.57 Å². The molecule has 0 bridgehead atoms. The van der Waals surface area contributed by atoms with Gasteiger partial charge in [0.1, 0.15) is 0 Å². The van der Waals surface area contributed by atoms with Crippen LogP contribution < -0.4 is 5.73 Å². The van der Waals surface area contributed by atoms with E-state index in [4.69, 9.17) is 5.73 Å². The fourth-order valence-electron chi connectivity index (χ4n) is 2.32.